The highest BCUT2D eigenvalue weighted by molar-refractivity contribution is 5.95. The molecule has 2 aliphatic heterocycles. The Morgan fingerprint density at radius 3 is 3.14 bits per heavy atom. The van der Waals surface area contributed by atoms with Crippen LogP contribution in [0.15, 0.2) is 30.6 Å². The molecule has 2 aromatic rings. The van der Waals surface area contributed by atoms with Crippen LogP contribution in [0, 0.1) is 0 Å². The molecule has 4 heterocycles. The SMILES string of the molecule is O=C1NCC2(CCCN(C(=O)c3ccn4nccc4c3)C2)O1. The smallest absolute Gasteiger partial charge is 0.407 e. The van der Waals surface area contributed by atoms with E-state index in [4.69, 9.17) is 4.74 Å². The molecule has 2 amide bonds. The number of amides is 2. The van der Waals surface area contributed by atoms with E-state index in [1.165, 1.54) is 0 Å². The molecule has 7 heteroatoms. The van der Waals surface area contributed by atoms with Crippen LogP contribution < -0.4 is 5.32 Å². The van der Waals surface area contributed by atoms with Gasteiger partial charge in [0.05, 0.1) is 18.6 Å². The van der Waals surface area contributed by atoms with Gasteiger partial charge in [-0.3, -0.25) is 4.79 Å². The van der Waals surface area contributed by atoms with E-state index >= 15 is 0 Å². The number of hydrogen-bond acceptors (Lipinski definition) is 4. The highest BCUT2D eigenvalue weighted by atomic mass is 16.6. The lowest BCUT2D eigenvalue weighted by atomic mass is 9.92. The van der Waals surface area contributed by atoms with Gasteiger partial charge in [-0.15, -0.1) is 0 Å². The lowest BCUT2D eigenvalue weighted by Crippen LogP contribution is -2.52. The number of likely N-dealkylation sites (tertiary alicyclic amines) is 1. The summed E-state index contributed by atoms with van der Waals surface area (Å²) in [7, 11) is 0. The van der Waals surface area contributed by atoms with Gasteiger partial charge in [0.25, 0.3) is 5.91 Å². The summed E-state index contributed by atoms with van der Waals surface area (Å²) in [5, 5.41) is 6.81. The van der Waals surface area contributed by atoms with Crippen LogP contribution in [0.3, 0.4) is 0 Å². The van der Waals surface area contributed by atoms with Crippen molar-refractivity contribution < 1.29 is 14.3 Å². The standard InChI is InChI=1S/C15H16N4O3/c20-13(11-3-7-19-12(8-11)2-5-17-19)18-6-1-4-15(10-18)9-16-14(21)22-15/h2-3,5,7-8H,1,4,6,9-10H2,(H,16,21). The minimum absolute atomic E-state index is 0.0364. The number of hydrogen-bond donors (Lipinski definition) is 1. The average Bonchev–Trinajstić information content (AvgIpc) is 3.13. The number of pyridine rings is 1. The van der Waals surface area contributed by atoms with Crippen molar-refractivity contribution in [1.29, 1.82) is 0 Å². The van der Waals surface area contributed by atoms with Gasteiger partial charge in [-0.2, -0.15) is 5.10 Å². The maximum Gasteiger partial charge on any atom is 0.407 e. The minimum Gasteiger partial charge on any atom is -0.439 e. The van der Waals surface area contributed by atoms with Crippen molar-refractivity contribution in [2.24, 2.45) is 0 Å². The fourth-order valence-corrected chi connectivity index (χ4v) is 3.24. The summed E-state index contributed by atoms with van der Waals surface area (Å²) in [6, 6.07) is 5.45. The van der Waals surface area contributed by atoms with Gasteiger partial charge in [-0.25, -0.2) is 9.31 Å². The van der Waals surface area contributed by atoms with E-state index in [0.29, 0.717) is 25.2 Å². The predicted molar refractivity (Wildman–Crippen MR) is 77.5 cm³/mol. The molecule has 0 aliphatic carbocycles. The molecule has 1 atom stereocenters. The second-order valence-electron chi connectivity index (χ2n) is 5.87. The Labute approximate surface area is 126 Å². The zero-order chi connectivity index (χ0) is 15.2. The highest BCUT2D eigenvalue weighted by Gasteiger charge is 2.44. The van der Waals surface area contributed by atoms with Crippen molar-refractivity contribution in [2.45, 2.75) is 18.4 Å². The van der Waals surface area contributed by atoms with Crippen LogP contribution in [0.4, 0.5) is 4.79 Å². The van der Waals surface area contributed by atoms with Crippen LogP contribution in [-0.2, 0) is 4.74 Å². The summed E-state index contributed by atoms with van der Waals surface area (Å²) < 4.78 is 7.13. The van der Waals surface area contributed by atoms with Crippen molar-refractivity contribution in [3.05, 3.63) is 36.2 Å². The summed E-state index contributed by atoms with van der Waals surface area (Å²) in [4.78, 5) is 25.8. The molecule has 2 aliphatic rings. The monoisotopic (exact) mass is 300 g/mol. The number of carbonyl (C=O) groups is 2. The highest BCUT2D eigenvalue weighted by Crippen LogP contribution is 2.29. The number of piperidine rings is 1. The second kappa shape index (κ2) is 4.72. The average molecular weight is 300 g/mol. The van der Waals surface area contributed by atoms with Crippen molar-refractivity contribution in [1.82, 2.24) is 19.8 Å². The third-order valence-electron chi connectivity index (χ3n) is 4.34. The molecule has 0 radical (unpaired) electrons. The topological polar surface area (TPSA) is 75.9 Å². The van der Waals surface area contributed by atoms with Crippen molar-refractivity contribution >= 4 is 17.5 Å². The predicted octanol–water partition coefficient (Wildman–Crippen LogP) is 1.05. The van der Waals surface area contributed by atoms with Gasteiger partial charge in [0.1, 0.15) is 5.60 Å². The Hall–Kier alpha value is -2.57. The Morgan fingerprint density at radius 2 is 2.32 bits per heavy atom. The van der Waals surface area contributed by atoms with Crippen LogP contribution in [0.1, 0.15) is 23.2 Å². The molecule has 1 unspecified atom stereocenters. The van der Waals surface area contributed by atoms with Gasteiger partial charge >= 0.3 is 6.09 Å². The van der Waals surface area contributed by atoms with E-state index in [1.807, 2.05) is 12.1 Å². The molecule has 1 N–H and O–H groups in total. The van der Waals surface area contributed by atoms with E-state index in [-0.39, 0.29) is 5.91 Å². The van der Waals surface area contributed by atoms with Crippen LogP contribution in [0.2, 0.25) is 0 Å². The quantitative estimate of drug-likeness (QED) is 0.854. The van der Waals surface area contributed by atoms with Crippen molar-refractivity contribution in [3.8, 4) is 0 Å². The number of aromatic nitrogens is 2. The molecule has 22 heavy (non-hydrogen) atoms. The second-order valence-corrected chi connectivity index (χ2v) is 5.87. The summed E-state index contributed by atoms with van der Waals surface area (Å²) in [6.07, 6.45) is 4.70. The minimum atomic E-state index is -0.564. The van der Waals surface area contributed by atoms with Crippen LogP contribution in [-0.4, -0.2) is 51.7 Å². The largest absolute Gasteiger partial charge is 0.439 e. The molecule has 2 aromatic heterocycles. The van der Waals surface area contributed by atoms with E-state index in [2.05, 4.69) is 10.4 Å². The molecule has 114 valence electrons. The van der Waals surface area contributed by atoms with E-state index in [0.717, 1.165) is 18.4 Å². The molecule has 4 rings (SSSR count). The summed E-state index contributed by atoms with van der Waals surface area (Å²) in [5.74, 6) is -0.0364. The fourth-order valence-electron chi connectivity index (χ4n) is 3.24. The first-order valence-electron chi connectivity index (χ1n) is 7.35. The maximum absolute atomic E-state index is 12.7. The normalized spacial score (nSPS) is 24.5. The van der Waals surface area contributed by atoms with E-state index in [1.54, 1.807) is 27.9 Å². The van der Waals surface area contributed by atoms with Crippen molar-refractivity contribution in [2.75, 3.05) is 19.6 Å². The number of alkyl carbamates (subject to hydrolysis) is 1. The zero-order valence-electron chi connectivity index (χ0n) is 12.0. The number of ether oxygens (including phenoxy) is 1. The van der Waals surface area contributed by atoms with Gasteiger partial charge in [0, 0.05) is 24.5 Å². The molecular formula is C15H16N4O3. The Balaban J connectivity index is 1.57. The number of carbonyl (C=O) groups excluding carboxylic acids is 2. The van der Waals surface area contributed by atoms with E-state index < -0.39 is 11.7 Å². The maximum atomic E-state index is 12.7. The zero-order valence-corrected chi connectivity index (χ0v) is 12.0. The number of nitrogens with one attached hydrogen (secondary N) is 1. The van der Waals surface area contributed by atoms with Crippen LogP contribution in [0.25, 0.3) is 5.52 Å². The van der Waals surface area contributed by atoms with Gasteiger partial charge in [-0.1, -0.05) is 0 Å². The molecule has 0 bridgehead atoms. The Morgan fingerprint density at radius 1 is 1.41 bits per heavy atom. The van der Waals surface area contributed by atoms with Gasteiger partial charge in [-0.05, 0) is 31.0 Å². The lowest BCUT2D eigenvalue weighted by molar-refractivity contribution is -0.00503. The Kier molecular flexibility index (Phi) is 2.82. The first-order chi connectivity index (χ1) is 10.7. The fraction of sp³-hybridized carbons (Fsp3) is 0.400. The summed E-state index contributed by atoms with van der Waals surface area (Å²) in [5.41, 5.74) is 0.944. The third-order valence-corrected chi connectivity index (χ3v) is 4.34. The third kappa shape index (κ3) is 2.09. The van der Waals surface area contributed by atoms with Gasteiger partial charge in [0.15, 0.2) is 0 Å². The molecule has 2 fully saturated rings. The Bertz CT molecular complexity index is 756. The van der Waals surface area contributed by atoms with Crippen LogP contribution in [0.5, 0.6) is 0 Å². The van der Waals surface area contributed by atoms with E-state index in [9.17, 15) is 9.59 Å². The molecule has 2 saturated heterocycles. The summed E-state index contributed by atoms with van der Waals surface area (Å²) in [6.45, 7) is 1.59. The number of fused-ring (bicyclic) bond motifs is 1. The van der Waals surface area contributed by atoms with Gasteiger partial charge in [0.2, 0.25) is 0 Å². The first kappa shape index (κ1) is 13.1. The molecule has 0 saturated carbocycles. The number of rotatable bonds is 1. The molecule has 0 aromatic carbocycles. The molecule has 7 nitrogen and oxygen atoms in total. The van der Waals surface area contributed by atoms with Gasteiger partial charge < -0.3 is 15.0 Å². The van der Waals surface area contributed by atoms with Crippen molar-refractivity contribution in [3.63, 3.8) is 0 Å². The lowest BCUT2D eigenvalue weighted by Gasteiger charge is -2.38. The summed E-state index contributed by atoms with van der Waals surface area (Å²) >= 11 is 0. The molecule has 1 spiro atoms. The first-order valence-corrected chi connectivity index (χ1v) is 7.35. The molecular weight excluding hydrogens is 284 g/mol. The van der Waals surface area contributed by atoms with Crippen LogP contribution >= 0.6 is 0 Å². The number of nitrogens with zero attached hydrogens (tertiary/aromatic N) is 3.